The van der Waals surface area contributed by atoms with Crippen LogP contribution in [0.5, 0.6) is 11.5 Å². The SMILES string of the molecule is CCOc1ccc(OC(C)C(=O)NNC(=O)c2cnn(-c3cccc(C(F)(F)F)c3)c2C)cc1. The van der Waals surface area contributed by atoms with Crippen molar-refractivity contribution in [2.24, 2.45) is 0 Å². The molecule has 11 heteroatoms. The summed E-state index contributed by atoms with van der Waals surface area (Å²) in [5.41, 5.74) is 4.21. The molecule has 2 amide bonds. The Labute approximate surface area is 193 Å². The zero-order valence-corrected chi connectivity index (χ0v) is 18.6. The third kappa shape index (κ3) is 5.85. The Morgan fingerprint density at radius 2 is 1.76 bits per heavy atom. The van der Waals surface area contributed by atoms with Gasteiger partial charge >= 0.3 is 6.18 Å². The van der Waals surface area contributed by atoms with Crippen LogP contribution in [0.1, 0.15) is 35.5 Å². The number of alkyl halides is 3. The van der Waals surface area contributed by atoms with Gasteiger partial charge in [0.05, 0.1) is 35.3 Å². The van der Waals surface area contributed by atoms with Crippen LogP contribution in [0.4, 0.5) is 13.2 Å². The Bertz CT molecular complexity index is 1160. The fraction of sp³-hybridized carbons (Fsp3) is 0.261. The third-order valence-corrected chi connectivity index (χ3v) is 4.79. The fourth-order valence-corrected chi connectivity index (χ4v) is 3.03. The third-order valence-electron chi connectivity index (χ3n) is 4.79. The van der Waals surface area contributed by atoms with Crippen LogP contribution in [0.3, 0.4) is 0 Å². The van der Waals surface area contributed by atoms with Crippen molar-refractivity contribution in [1.82, 2.24) is 20.6 Å². The second kappa shape index (κ2) is 10.3. The van der Waals surface area contributed by atoms with Crippen LogP contribution >= 0.6 is 0 Å². The lowest BCUT2D eigenvalue weighted by Crippen LogP contribution is -2.47. The van der Waals surface area contributed by atoms with Crippen LogP contribution < -0.4 is 20.3 Å². The summed E-state index contributed by atoms with van der Waals surface area (Å²) >= 11 is 0. The number of hydrazine groups is 1. The van der Waals surface area contributed by atoms with E-state index in [1.807, 2.05) is 6.92 Å². The van der Waals surface area contributed by atoms with Crippen molar-refractivity contribution in [3.8, 4) is 17.2 Å². The van der Waals surface area contributed by atoms with Gasteiger partial charge in [-0.2, -0.15) is 18.3 Å². The van der Waals surface area contributed by atoms with Crippen molar-refractivity contribution in [2.75, 3.05) is 6.61 Å². The van der Waals surface area contributed by atoms with Gasteiger partial charge < -0.3 is 9.47 Å². The van der Waals surface area contributed by atoms with E-state index in [0.717, 1.165) is 12.1 Å². The van der Waals surface area contributed by atoms with Gasteiger partial charge in [0.25, 0.3) is 11.8 Å². The van der Waals surface area contributed by atoms with E-state index in [1.54, 1.807) is 24.3 Å². The molecule has 2 aromatic carbocycles. The van der Waals surface area contributed by atoms with Crippen LogP contribution in [0.15, 0.2) is 54.7 Å². The first-order chi connectivity index (χ1) is 16.1. The summed E-state index contributed by atoms with van der Waals surface area (Å²) in [4.78, 5) is 24.8. The number of ether oxygens (including phenoxy) is 2. The van der Waals surface area contributed by atoms with Gasteiger partial charge in [0, 0.05) is 0 Å². The molecule has 8 nitrogen and oxygen atoms in total. The largest absolute Gasteiger partial charge is 0.494 e. The minimum atomic E-state index is -4.51. The highest BCUT2D eigenvalue weighted by atomic mass is 19.4. The number of rotatable bonds is 7. The maximum atomic E-state index is 13.0. The molecule has 2 N–H and O–H groups in total. The molecule has 0 bridgehead atoms. The van der Waals surface area contributed by atoms with Crippen LogP contribution in [0.2, 0.25) is 0 Å². The molecule has 1 unspecified atom stereocenters. The van der Waals surface area contributed by atoms with E-state index in [1.165, 1.54) is 36.9 Å². The highest BCUT2D eigenvalue weighted by Crippen LogP contribution is 2.30. The molecule has 1 heterocycles. The Balaban J connectivity index is 1.61. The van der Waals surface area contributed by atoms with Crippen LogP contribution in [0.25, 0.3) is 5.69 Å². The number of hydrogen-bond acceptors (Lipinski definition) is 5. The fourth-order valence-electron chi connectivity index (χ4n) is 3.03. The Morgan fingerprint density at radius 1 is 1.09 bits per heavy atom. The summed E-state index contributed by atoms with van der Waals surface area (Å²) in [5.74, 6) is -0.182. The van der Waals surface area contributed by atoms with E-state index in [4.69, 9.17) is 9.47 Å². The molecule has 0 saturated carbocycles. The van der Waals surface area contributed by atoms with Crippen molar-refractivity contribution >= 4 is 11.8 Å². The second-order valence-electron chi connectivity index (χ2n) is 7.21. The van der Waals surface area contributed by atoms with E-state index >= 15 is 0 Å². The van der Waals surface area contributed by atoms with Gasteiger partial charge in [-0.15, -0.1) is 0 Å². The van der Waals surface area contributed by atoms with Crippen molar-refractivity contribution in [3.63, 3.8) is 0 Å². The second-order valence-corrected chi connectivity index (χ2v) is 7.21. The summed E-state index contributed by atoms with van der Waals surface area (Å²) < 4.78 is 51.1. The Hall–Kier alpha value is -4.02. The molecule has 0 spiro atoms. The van der Waals surface area contributed by atoms with Gasteiger partial charge in [-0.3, -0.25) is 20.4 Å². The number of carbonyl (C=O) groups is 2. The number of carbonyl (C=O) groups excluding carboxylic acids is 2. The first kappa shape index (κ1) is 24.6. The highest BCUT2D eigenvalue weighted by molar-refractivity contribution is 5.96. The van der Waals surface area contributed by atoms with E-state index in [-0.39, 0.29) is 11.3 Å². The number of benzene rings is 2. The summed E-state index contributed by atoms with van der Waals surface area (Å²) in [6, 6.07) is 11.3. The summed E-state index contributed by atoms with van der Waals surface area (Å²) in [6.45, 7) is 5.43. The first-order valence-corrected chi connectivity index (χ1v) is 10.3. The number of nitrogens with one attached hydrogen (secondary N) is 2. The molecule has 180 valence electrons. The molecule has 0 aliphatic rings. The summed E-state index contributed by atoms with van der Waals surface area (Å²) in [5, 5.41) is 4.01. The standard InChI is InChI=1S/C23H23F3N4O4/c1-4-33-18-8-10-19(11-9-18)34-15(3)21(31)28-29-22(32)20-13-27-30(14(20)2)17-7-5-6-16(12-17)23(24,25)26/h5-13,15H,4H2,1-3H3,(H,28,31)(H,29,32). The highest BCUT2D eigenvalue weighted by Gasteiger charge is 2.30. The molecular formula is C23H23F3N4O4. The average Bonchev–Trinajstić information content (AvgIpc) is 3.19. The molecule has 0 fully saturated rings. The van der Waals surface area contributed by atoms with E-state index in [2.05, 4.69) is 16.0 Å². The predicted molar refractivity (Wildman–Crippen MR) is 117 cm³/mol. The number of hydrogen-bond donors (Lipinski definition) is 2. The number of halogens is 3. The molecule has 0 aliphatic heterocycles. The van der Waals surface area contributed by atoms with E-state index in [0.29, 0.717) is 23.8 Å². The normalized spacial score (nSPS) is 12.1. The van der Waals surface area contributed by atoms with Gasteiger partial charge in [-0.05, 0) is 63.2 Å². The van der Waals surface area contributed by atoms with E-state index in [9.17, 15) is 22.8 Å². The first-order valence-electron chi connectivity index (χ1n) is 10.3. The summed E-state index contributed by atoms with van der Waals surface area (Å²) in [7, 11) is 0. The maximum Gasteiger partial charge on any atom is 0.416 e. The van der Waals surface area contributed by atoms with E-state index < -0.39 is 29.7 Å². The molecule has 3 rings (SSSR count). The molecule has 34 heavy (non-hydrogen) atoms. The van der Waals surface area contributed by atoms with Crippen molar-refractivity contribution in [1.29, 1.82) is 0 Å². The van der Waals surface area contributed by atoms with Gasteiger partial charge in [-0.1, -0.05) is 6.07 Å². The monoisotopic (exact) mass is 476 g/mol. The number of aromatic nitrogens is 2. The minimum absolute atomic E-state index is 0.0813. The topological polar surface area (TPSA) is 94.5 Å². The van der Waals surface area contributed by atoms with Gasteiger partial charge in [0.2, 0.25) is 0 Å². The van der Waals surface area contributed by atoms with Gasteiger partial charge in [0.1, 0.15) is 11.5 Å². The van der Waals surface area contributed by atoms with Gasteiger partial charge in [-0.25, -0.2) is 4.68 Å². The molecular weight excluding hydrogens is 453 g/mol. The van der Waals surface area contributed by atoms with Crippen LogP contribution in [-0.2, 0) is 11.0 Å². The minimum Gasteiger partial charge on any atom is -0.494 e. The quantitative estimate of drug-likeness (QED) is 0.506. The van der Waals surface area contributed by atoms with Crippen molar-refractivity contribution in [2.45, 2.75) is 33.1 Å². The van der Waals surface area contributed by atoms with Crippen LogP contribution in [-0.4, -0.2) is 34.3 Å². The summed E-state index contributed by atoms with van der Waals surface area (Å²) in [6.07, 6.45) is -4.23. The molecule has 1 atom stereocenters. The maximum absolute atomic E-state index is 13.0. The lowest BCUT2D eigenvalue weighted by atomic mass is 10.2. The molecule has 0 aliphatic carbocycles. The molecule has 1 aromatic heterocycles. The molecule has 0 saturated heterocycles. The van der Waals surface area contributed by atoms with Gasteiger partial charge in [0.15, 0.2) is 6.10 Å². The number of nitrogens with zero attached hydrogens (tertiary/aromatic N) is 2. The average molecular weight is 476 g/mol. The predicted octanol–water partition coefficient (Wildman–Crippen LogP) is 3.83. The Morgan fingerprint density at radius 3 is 2.41 bits per heavy atom. The lowest BCUT2D eigenvalue weighted by molar-refractivity contribution is -0.137. The van der Waals surface area contributed by atoms with Crippen molar-refractivity contribution in [3.05, 3.63) is 71.5 Å². The molecule has 0 radical (unpaired) electrons. The Kier molecular flexibility index (Phi) is 7.44. The van der Waals surface area contributed by atoms with Crippen LogP contribution in [0, 0.1) is 6.92 Å². The zero-order valence-electron chi connectivity index (χ0n) is 18.6. The number of amides is 2. The lowest BCUT2D eigenvalue weighted by Gasteiger charge is -2.15. The smallest absolute Gasteiger partial charge is 0.416 e. The zero-order chi connectivity index (χ0) is 24.9. The molecule has 3 aromatic rings. The van der Waals surface area contributed by atoms with Crippen molar-refractivity contribution < 1.29 is 32.2 Å².